The molecule has 33 heteroatoms. The van der Waals surface area contributed by atoms with E-state index in [9.17, 15) is 19.2 Å². The molecule has 101 heavy (non-hydrogen) atoms. The van der Waals surface area contributed by atoms with Crippen molar-refractivity contribution in [3.8, 4) is 34.0 Å². The van der Waals surface area contributed by atoms with Crippen LogP contribution in [0.5, 0.6) is 11.5 Å². The first-order valence-electron chi connectivity index (χ1n) is 33.1. The van der Waals surface area contributed by atoms with Gasteiger partial charge in [0.05, 0.1) is 141 Å². The number of aromatic nitrogens is 4. The van der Waals surface area contributed by atoms with Crippen molar-refractivity contribution in [3.05, 3.63) is 95.0 Å². The van der Waals surface area contributed by atoms with Crippen molar-refractivity contribution in [3.63, 3.8) is 0 Å². The van der Waals surface area contributed by atoms with Crippen LogP contribution in [0.15, 0.2) is 94.9 Å². The Labute approximate surface area is 598 Å². The van der Waals surface area contributed by atoms with Crippen LogP contribution < -0.4 is 53.7 Å². The number of amides is 4. The maximum Gasteiger partial charge on any atom is 0.314 e. The Kier molecular flexibility index (Phi) is 42.1. The SMILES string of the molecule is CCOCCNC(=O)NCCOCCOCCOCCOc1cccc(-c2nc(N=C(N)N)nc3ccc(Cl)cc23)c1.COCCCC(=O)CN(C)CC(=O)CCCOCCOCCNC(=O)NCCOCCOCCOCCOc1cccc(-c2nc(N=C(N)N)nc3ccc(Cl)cc23)c1. The molecule has 0 atom stereocenters. The number of halogens is 2. The number of nitrogens with zero attached hydrogens (tertiary/aromatic N) is 7. The molecule has 554 valence electrons. The van der Waals surface area contributed by atoms with E-state index in [0.717, 1.165) is 21.9 Å². The first-order valence-corrected chi connectivity index (χ1v) is 33.9. The fraction of sp³-hybridized carbons (Fsp3) is 0.500. The number of likely N-dealkylation sites (N-methyl/N-ethyl adjacent to an activating group) is 1. The van der Waals surface area contributed by atoms with Crippen LogP contribution in [-0.4, -0.2) is 253 Å². The lowest BCUT2D eigenvalue weighted by Crippen LogP contribution is -2.39. The predicted molar refractivity (Wildman–Crippen MR) is 386 cm³/mol. The minimum atomic E-state index is -0.313. The van der Waals surface area contributed by atoms with Gasteiger partial charge in [0.25, 0.3) is 11.9 Å². The standard InChI is InChI=1S/C40H59ClN8O10.C28H38ClN7O6/c1-49(28-32(50)7-4-14-53-2)29-33(51)8-5-15-54-18-19-55-16-12-44-40(52)45-13-17-56-20-21-57-22-23-58-24-25-59-34-9-3-6-30(26-34)37-35-27-31(41)10-11-36(35)46-39(47-37)48-38(42)43;1-2-38-10-8-32-28(37)33-9-11-39-12-13-40-14-15-41-16-17-42-22-5-3-4-20(18-22)25-23-19-21(29)6-7-24(23)34-27(35-25)36-26(30)31/h3,6,9-11,26-27H,4-5,7-8,12-25,28-29H2,1-2H3,(H2,44,45,52)(H4,42,43,46,47,48);3-7,18-19H,2,8-17H2,1H3,(H2,32,33,37)(H4,30,31,34,35,36). The number of rotatable bonds is 52. The molecule has 0 saturated carbocycles. The summed E-state index contributed by atoms with van der Waals surface area (Å²) in [5.41, 5.74) is 26.3. The number of methoxy groups -OCH3 is 1. The average Bonchev–Trinajstić information content (AvgIpc) is 0.793. The summed E-state index contributed by atoms with van der Waals surface area (Å²) in [4.78, 5) is 75.1. The fourth-order valence-electron chi connectivity index (χ4n) is 9.07. The number of hydrogen-bond acceptors (Lipinski definition) is 23. The zero-order valence-corrected chi connectivity index (χ0v) is 59.2. The van der Waals surface area contributed by atoms with Gasteiger partial charge in [0.2, 0.25) is 0 Å². The van der Waals surface area contributed by atoms with Crippen LogP contribution in [0.25, 0.3) is 44.3 Å². The summed E-state index contributed by atoms with van der Waals surface area (Å²) in [6, 6.07) is 25.1. The molecule has 2 aromatic heterocycles. The zero-order valence-electron chi connectivity index (χ0n) is 57.7. The molecule has 12 N–H and O–H groups in total. The Bertz CT molecular complexity index is 3470. The van der Waals surface area contributed by atoms with Crippen molar-refractivity contribution in [2.45, 2.75) is 32.6 Å². The van der Waals surface area contributed by atoms with E-state index in [0.29, 0.717) is 235 Å². The normalized spacial score (nSPS) is 11.1. The first kappa shape index (κ1) is 83.4. The highest BCUT2D eigenvalue weighted by Crippen LogP contribution is 2.34. The number of aliphatic imine (C=N–C) groups is 2. The van der Waals surface area contributed by atoms with Crippen LogP contribution in [0.1, 0.15) is 32.6 Å². The Hall–Kier alpha value is -8.28. The maximum absolute atomic E-state index is 12.1. The highest BCUT2D eigenvalue weighted by Gasteiger charge is 2.16. The molecule has 0 spiro atoms. The lowest BCUT2D eigenvalue weighted by molar-refractivity contribution is -0.122. The van der Waals surface area contributed by atoms with Crippen LogP contribution in [0.3, 0.4) is 0 Å². The number of ether oxygens (including phenoxy) is 12. The van der Waals surface area contributed by atoms with Gasteiger partial charge in [-0.05, 0) is 87.5 Å². The van der Waals surface area contributed by atoms with Crippen molar-refractivity contribution < 1.29 is 76.0 Å². The Morgan fingerprint density at radius 3 is 1.18 bits per heavy atom. The summed E-state index contributed by atoms with van der Waals surface area (Å²) in [6.07, 6.45) is 2.14. The van der Waals surface area contributed by atoms with Gasteiger partial charge in [0.15, 0.2) is 11.9 Å². The molecule has 4 aromatic carbocycles. The highest BCUT2D eigenvalue weighted by molar-refractivity contribution is 6.31. The van der Waals surface area contributed by atoms with Crippen LogP contribution in [0.2, 0.25) is 10.0 Å². The number of carbonyl (C=O) groups excluding carboxylic acids is 4. The minimum Gasteiger partial charge on any atom is -0.491 e. The molecule has 4 amide bonds. The quantitative estimate of drug-likeness (QED) is 0.0132. The molecule has 0 aliphatic carbocycles. The molecule has 6 aromatic rings. The molecule has 0 saturated heterocycles. The largest absolute Gasteiger partial charge is 0.491 e. The fourth-order valence-corrected chi connectivity index (χ4v) is 9.42. The molecule has 6 rings (SSSR count). The third kappa shape index (κ3) is 36.8. The molecule has 0 unspecified atom stereocenters. The van der Waals surface area contributed by atoms with E-state index in [-0.39, 0.29) is 60.5 Å². The maximum atomic E-state index is 12.1. The number of ketones is 2. The van der Waals surface area contributed by atoms with E-state index in [1.54, 1.807) is 55.5 Å². The molecule has 31 nitrogen and oxygen atoms in total. The number of carbonyl (C=O) groups is 4. The van der Waals surface area contributed by atoms with Gasteiger partial charge in [-0.2, -0.15) is 9.98 Å². The Morgan fingerprint density at radius 2 is 0.802 bits per heavy atom. The molecular weight excluding hydrogens is 1350 g/mol. The van der Waals surface area contributed by atoms with E-state index in [2.05, 4.69) is 51.2 Å². The number of nitrogens with one attached hydrogen (secondary N) is 4. The summed E-state index contributed by atoms with van der Waals surface area (Å²) in [7, 11) is 3.37. The smallest absolute Gasteiger partial charge is 0.314 e. The van der Waals surface area contributed by atoms with Crippen LogP contribution in [0.4, 0.5) is 21.5 Å². The molecule has 0 radical (unpaired) electrons. The third-order valence-corrected chi connectivity index (χ3v) is 14.1. The van der Waals surface area contributed by atoms with E-state index < -0.39 is 0 Å². The summed E-state index contributed by atoms with van der Waals surface area (Å²) in [5, 5.41) is 13.4. The Morgan fingerprint density at radius 1 is 0.446 bits per heavy atom. The van der Waals surface area contributed by atoms with Crippen molar-refractivity contribution in [1.29, 1.82) is 0 Å². The van der Waals surface area contributed by atoms with Crippen LogP contribution >= 0.6 is 23.2 Å². The lowest BCUT2D eigenvalue weighted by Gasteiger charge is -2.14. The molecule has 2 heterocycles. The summed E-state index contributed by atoms with van der Waals surface area (Å²) < 4.78 is 66.0. The Balaban J connectivity index is 0.000000385. The number of urea groups is 2. The summed E-state index contributed by atoms with van der Waals surface area (Å²) >= 11 is 12.5. The summed E-state index contributed by atoms with van der Waals surface area (Å²) in [6.45, 7) is 12.7. The van der Waals surface area contributed by atoms with Crippen LogP contribution in [0, 0.1) is 0 Å². The number of Topliss-reactive ketones (excluding diaryl/α,β-unsaturated/α-hetero) is 2. The first-order chi connectivity index (χ1) is 49.1. The number of hydrogen-bond donors (Lipinski definition) is 8. The van der Waals surface area contributed by atoms with E-state index in [1.165, 1.54) is 0 Å². The highest BCUT2D eigenvalue weighted by atomic mass is 35.5. The van der Waals surface area contributed by atoms with E-state index in [1.807, 2.05) is 55.5 Å². The minimum absolute atomic E-state index is 0.0731. The second kappa shape index (κ2) is 51.0. The van der Waals surface area contributed by atoms with Crippen molar-refractivity contribution >= 4 is 92.5 Å². The van der Waals surface area contributed by atoms with Gasteiger partial charge in [0, 0.05) is 97.9 Å². The van der Waals surface area contributed by atoms with Gasteiger partial charge in [-0.3, -0.25) is 14.5 Å². The zero-order chi connectivity index (χ0) is 72.5. The van der Waals surface area contributed by atoms with Gasteiger partial charge >= 0.3 is 12.1 Å². The topological polar surface area (TPSA) is 411 Å². The van der Waals surface area contributed by atoms with E-state index in [4.69, 9.17) is 103 Å². The lowest BCUT2D eigenvalue weighted by atomic mass is 10.1. The molecular formula is C68H97Cl2N15O16. The number of nitrogens with two attached hydrogens (primary N) is 4. The third-order valence-electron chi connectivity index (χ3n) is 13.6. The van der Waals surface area contributed by atoms with Gasteiger partial charge in [-0.25, -0.2) is 29.5 Å². The van der Waals surface area contributed by atoms with E-state index >= 15 is 0 Å². The second-order valence-corrected chi connectivity index (χ2v) is 22.7. The number of fused-ring (bicyclic) bond motifs is 2. The predicted octanol–water partition coefficient (Wildman–Crippen LogP) is 5.51. The molecule has 0 bridgehead atoms. The number of benzene rings is 4. The van der Waals surface area contributed by atoms with Crippen molar-refractivity contribution in [2.24, 2.45) is 32.9 Å². The van der Waals surface area contributed by atoms with Crippen molar-refractivity contribution in [1.82, 2.24) is 46.1 Å². The van der Waals surface area contributed by atoms with Gasteiger partial charge in [0.1, 0.15) is 36.3 Å². The van der Waals surface area contributed by atoms with Crippen molar-refractivity contribution in [2.75, 3.05) is 192 Å². The monoisotopic (exact) mass is 1450 g/mol. The molecule has 0 aliphatic heterocycles. The molecule has 0 fully saturated rings. The molecule has 0 aliphatic rings. The average molecular weight is 1450 g/mol. The van der Waals surface area contributed by atoms with Crippen LogP contribution in [-0.2, 0) is 57.0 Å². The second-order valence-electron chi connectivity index (χ2n) is 21.8. The van der Waals surface area contributed by atoms with Gasteiger partial charge in [-0.15, -0.1) is 0 Å². The van der Waals surface area contributed by atoms with Gasteiger partial charge in [-0.1, -0.05) is 47.5 Å². The number of guanidine groups is 2. The summed E-state index contributed by atoms with van der Waals surface area (Å²) in [5.74, 6) is 1.48. The van der Waals surface area contributed by atoms with Gasteiger partial charge < -0.3 is 101 Å².